The first-order valence-electron chi connectivity index (χ1n) is 12.7. The molecule has 4 heterocycles. The third-order valence-electron chi connectivity index (χ3n) is 6.60. The fraction of sp³-hybridized carbons (Fsp3) is 0.241. The van der Waals surface area contributed by atoms with Crippen LogP contribution in [0.15, 0.2) is 89.7 Å². The number of rotatable bonds is 10. The maximum absolute atomic E-state index is 5.91. The largest absolute Gasteiger partial charge is 0.492 e. The Bertz CT molecular complexity index is 1420. The molecule has 1 aliphatic heterocycles. The molecule has 2 aromatic carbocycles. The van der Waals surface area contributed by atoms with Crippen LogP contribution in [-0.2, 0) is 6.54 Å². The van der Waals surface area contributed by atoms with E-state index in [2.05, 4.69) is 44.8 Å². The van der Waals surface area contributed by atoms with E-state index in [1.165, 1.54) is 25.9 Å². The molecule has 0 unspecified atom stereocenters. The predicted octanol–water partition coefficient (Wildman–Crippen LogP) is 5.82. The molecule has 0 spiro atoms. The summed E-state index contributed by atoms with van der Waals surface area (Å²) in [5.41, 5.74) is 5.88. The van der Waals surface area contributed by atoms with Crippen molar-refractivity contribution < 1.29 is 9.15 Å². The molecule has 0 bridgehead atoms. The minimum atomic E-state index is 0.550. The van der Waals surface area contributed by atoms with Crippen molar-refractivity contribution in [1.82, 2.24) is 19.5 Å². The normalized spacial score (nSPS) is 13.7. The highest BCUT2D eigenvalue weighted by Crippen LogP contribution is 2.24. The van der Waals surface area contributed by atoms with Crippen molar-refractivity contribution in [3.05, 3.63) is 90.9 Å². The molecule has 37 heavy (non-hydrogen) atoms. The Morgan fingerprint density at radius 3 is 2.49 bits per heavy atom. The monoisotopic (exact) mass is 494 g/mol. The number of hydrogen-bond acceptors (Lipinski definition) is 7. The quantitative estimate of drug-likeness (QED) is 0.253. The molecule has 1 aliphatic rings. The van der Waals surface area contributed by atoms with Gasteiger partial charge in [0, 0.05) is 35.6 Å². The molecule has 5 aromatic rings. The molecule has 3 aromatic heterocycles. The summed E-state index contributed by atoms with van der Waals surface area (Å²) in [7, 11) is 0. The maximum atomic E-state index is 5.91. The van der Waals surface area contributed by atoms with Crippen molar-refractivity contribution in [2.75, 3.05) is 36.9 Å². The second kappa shape index (κ2) is 10.8. The van der Waals surface area contributed by atoms with Crippen LogP contribution in [-0.4, -0.2) is 45.7 Å². The number of anilines is 3. The summed E-state index contributed by atoms with van der Waals surface area (Å²) in [5.74, 6) is 1.42. The number of hydrogen-bond donors (Lipinski definition) is 2. The van der Waals surface area contributed by atoms with Gasteiger partial charge in [0.05, 0.1) is 18.2 Å². The van der Waals surface area contributed by atoms with E-state index in [4.69, 9.17) is 14.3 Å². The van der Waals surface area contributed by atoms with Crippen LogP contribution < -0.4 is 15.4 Å². The van der Waals surface area contributed by atoms with Crippen LogP contribution in [0, 0.1) is 0 Å². The first-order valence-corrected chi connectivity index (χ1v) is 12.7. The lowest BCUT2D eigenvalue weighted by Gasteiger charge is -2.15. The second-order valence-electron chi connectivity index (χ2n) is 9.23. The highest BCUT2D eigenvalue weighted by atomic mass is 16.5. The lowest BCUT2D eigenvalue weighted by Crippen LogP contribution is -2.25. The lowest BCUT2D eigenvalue weighted by atomic mass is 10.1. The van der Waals surface area contributed by atoms with E-state index in [0.29, 0.717) is 12.6 Å². The Morgan fingerprint density at radius 1 is 0.892 bits per heavy atom. The molecule has 6 rings (SSSR count). The van der Waals surface area contributed by atoms with Gasteiger partial charge in [0.2, 0.25) is 5.95 Å². The molecular formula is C29H30N6O2. The fourth-order valence-electron chi connectivity index (χ4n) is 4.60. The molecule has 188 valence electrons. The van der Waals surface area contributed by atoms with Gasteiger partial charge in [0.1, 0.15) is 12.4 Å². The third kappa shape index (κ3) is 5.59. The number of furan rings is 1. The van der Waals surface area contributed by atoms with Crippen LogP contribution in [0.2, 0.25) is 0 Å². The SMILES string of the molecule is c1cc(-c2ccc(NCc3ccoc3)cc2)n2nc(Nc3ccc(OCCN4CCCC4)cc3)nc2c1. The number of fused-ring (bicyclic) bond motifs is 1. The van der Waals surface area contributed by atoms with Gasteiger partial charge >= 0.3 is 0 Å². The smallest absolute Gasteiger partial charge is 0.247 e. The van der Waals surface area contributed by atoms with E-state index in [-0.39, 0.29) is 0 Å². The molecule has 0 aliphatic carbocycles. The standard InChI is InChI=1S/C29H30N6O2/c1-2-16-34(15-1)17-19-37-26-12-10-25(11-13-26)31-29-32-28-5-3-4-27(35(28)33-29)23-6-8-24(9-7-23)30-20-22-14-18-36-21-22/h3-14,18,21,30H,1-2,15-17,19-20H2,(H,31,33). The Kier molecular flexibility index (Phi) is 6.72. The van der Waals surface area contributed by atoms with Crippen molar-refractivity contribution in [1.29, 1.82) is 0 Å². The van der Waals surface area contributed by atoms with Crippen molar-refractivity contribution in [3.8, 4) is 17.0 Å². The van der Waals surface area contributed by atoms with E-state index in [0.717, 1.165) is 52.7 Å². The summed E-state index contributed by atoms with van der Waals surface area (Å²) in [5, 5.41) is 11.4. The summed E-state index contributed by atoms with van der Waals surface area (Å²) in [4.78, 5) is 7.12. The lowest BCUT2D eigenvalue weighted by molar-refractivity contribution is 0.238. The van der Waals surface area contributed by atoms with Gasteiger partial charge in [-0.25, -0.2) is 4.52 Å². The van der Waals surface area contributed by atoms with Crippen LogP contribution in [0.3, 0.4) is 0 Å². The zero-order valence-electron chi connectivity index (χ0n) is 20.6. The Balaban J connectivity index is 1.10. The summed E-state index contributed by atoms with van der Waals surface area (Å²) in [6, 6.07) is 24.2. The van der Waals surface area contributed by atoms with Crippen LogP contribution >= 0.6 is 0 Å². The minimum Gasteiger partial charge on any atom is -0.492 e. The van der Waals surface area contributed by atoms with Gasteiger partial charge in [0.25, 0.3) is 0 Å². The van der Waals surface area contributed by atoms with Gasteiger partial charge in [-0.3, -0.25) is 4.90 Å². The Morgan fingerprint density at radius 2 is 1.70 bits per heavy atom. The zero-order chi connectivity index (χ0) is 24.9. The van der Waals surface area contributed by atoms with Gasteiger partial charge in [-0.2, -0.15) is 4.98 Å². The summed E-state index contributed by atoms with van der Waals surface area (Å²) in [6.45, 7) is 4.79. The number of pyridine rings is 1. The van der Waals surface area contributed by atoms with Crippen LogP contribution in [0.4, 0.5) is 17.3 Å². The number of likely N-dealkylation sites (tertiary alicyclic amines) is 1. The molecule has 8 heteroatoms. The topological polar surface area (TPSA) is 79.9 Å². The van der Waals surface area contributed by atoms with E-state index >= 15 is 0 Å². The molecule has 0 amide bonds. The highest BCUT2D eigenvalue weighted by molar-refractivity contribution is 5.67. The summed E-state index contributed by atoms with van der Waals surface area (Å²) in [6.07, 6.45) is 6.03. The highest BCUT2D eigenvalue weighted by Gasteiger charge is 2.12. The van der Waals surface area contributed by atoms with E-state index in [9.17, 15) is 0 Å². The zero-order valence-corrected chi connectivity index (χ0v) is 20.6. The summed E-state index contributed by atoms with van der Waals surface area (Å²) < 4.78 is 12.9. The van der Waals surface area contributed by atoms with Crippen LogP contribution in [0.25, 0.3) is 16.9 Å². The van der Waals surface area contributed by atoms with Gasteiger partial charge < -0.3 is 19.8 Å². The second-order valence-corrected chi connectivity index (χ2v) is 9.23. The first kappa shape index (κ1) is 23.1. The van der Waals surface area contributed by atoms with Crippen molar-refractivity contribution in [2.24, 2.45) is 0 Å². The maximum Gasteiger partial charge on any atom is 0.247 e. The number of nitrogens with zero attached hydrogens (tertiary/aromatic N) is 4. The van der Waals surface area contributed by atoms with Gasteiger partial charge in [-0.15, -0.1) is 5.10 Å². The predicted molar refractivity (Wildman–Crippen MR) is 145 cm³/mol. The van der Waals surface area contributed by atoms with E-state index < -0.39 is 0 Å². The average molecular weight is 495 g/mol. The molecule has 8 nitrogen and oxygen atoms in total. The summed E-state index contributed by atoms with van der Waals surface area (Å²) >= 11 is 0. The van der Waals surface area contributed by atoms with Crippen molar-refractivity contribution in [2.45, 2.75) is 19.4 Å². The Labute approximate surface area is 215 Å². The molecule has 0 saturated carbocycles. The van der Waals surface area contributed by atoms with Gasteiger partial charge in [-0.1, -0.05) is 18.2 Å². The molecule has 2 N–H and O–H groups in total. The molecule has 0 atom stereocenters. The fourth-order valence-corrected chi connectivity index (χ4v) is 4.60. The van der Waals surface area contributed by atoms with Gasteiger partial charge in [0.15, 0.2) is 5.65 Å². The van der Waals surface area contributed by atoms with Crippen LogP contribution in [0.5, 0.6) is 5.75 Å². The van der Waals surface area contributed by atoms with Gasteiger partial charge in [-0.05, 0) is 80.5 Å². The minimum absolute atomic E-state index is 0.550. The molecular weight excluding hydrogens is 464 g/mol. The number of benzene rings is 2. The molecule has 0 radical (unpaired) electrons. The van der Waals surface area contributed by atoms with Crippen LogP contribution in [0.1, 0.15) is 18.4 Å². The average Bonchev–Trinajstić information content (AvgIpc) is 3.71. The van der Waals surface area contributed by atoms with Crippen molar-refractivity contribution >= 4 is 23.0 Å². The number of ether oxygens (including phenoxy) is 1. The van der Waals surface area contributed by atoms with Crippen molar-refractivity contribution in [3.63, 3.8) is 0 Å². The van der Waals surface area contributed by atoms with E-state index in [1.807, 2.05) is 53.0 Å². The third-order valence-corrected chi connectivity index (χ3v) is 6.60. The van der Waals surface area contributed by atoms with E-state index in [1.54, 1.807) is 12.5 Å². The number of nitrogens with one attached hydrogen (secondary N) is 2. The molecule has 1 saturated heterocycles. The first-order chi connectivity index (χ1) is 18.3. The molecule has 1 fully saturated rings. The number of aromatic nitrogens is 3. The Hall–Kier alpha value is -4.30.